The number of rotatable bonds is 8. The van der Waals surface area contributed by atoms with Crippen LogP contribution in [-0.4, -0.2) is 37.1 Å². The van der Waals surface area contributed by atoms with E-state index in [-0.39, 0.29) is 0 Å². The van der Waals surface area contributed by atoms with Gasteiger partial charge < -0.3 is 23.3 Å². The first-order valence-corrected chi connectivity index (χ1v) is 29.4. The topological polar surface area (TPSA) is 131 Å². The van der Waals surface area contributed by atoms with Gasteiger partial charge in [0.2, 0.25) is 0 Å². The number of halogens is 2. The normalized spacial score (nSPS) is 11.3. The van der Waals surface area contributed by atoms with E-state index in [0.717, 1.165) is 153 Å². The van der Waals surface area contributed by atoms with Crippen LogP contribution < -0.4 is 5.46 Å². The van der Waals surface area contributed by atoms with Crippen LogP contribution in [0.1, 0.15) is 0 Å². The van der Waals surface area contributed by atoms with Crippen molar-refractivity contribution < 1.29 is 23.3 Å². The zero-order valence-corrected chi connectivity index (χ0v) is 48.9. The van der Waals surface area contributed by atoms with Gasteiger partial charge in [0.15, 0.2) is 0 Å². The molecule has 0 fully saturated rings. The fraction of sp³-hybridized carbons (Fsp3) is 0. The maximum absolute atomic E-state index is 9.35. The molecule has 0 atom stereocenters. The third-order valence-corrected chi connectivity index (χ3v) is 16.2. The number of para-hydroxylation sites is 6. The van der Waals surface area contributed by atoms with Gasteiger partial charge in [0.05, 0.1) is 22.8 Å². The van der Waals surface area contributed by atoms with E-state index in [2.05, 4.69) is 175 Å². The molecule has 86 heavy (non-hydrogen) atoms. The highest BCUT2D eigenvalue weighted by atomic mass is 79.9. The van der Waals surface area contributed by atoms with Gasteiger partial charge in [-0.2, -0.15) is 0 Å². The highest BCUT2D eigenvalue weighted by Gasteiger charge is 2.18. The third kappa shape index (κ3) is 10.8. The van der Waals surface area contributed by atoms with Gasteiger partial charge in [-0.05, 0) is 123 Å². The molecule has 0 aliphatic heterocycles. The van der Waals surface area contributed by atoms with Crippen LogP contribution in [0.2, 0.25) is 0 Å². The molecule has 0 saturated heterocycles. The average molecular weight is 1240 g/mol. The van der Waals surface area contributed by atoms with Crippen molar-refractivity contribution >= 4 is 110 Å². The van der Waals surface area contributed by atoms with E-state index in [1.807, 2.05) is 116 Å². The molecule has 0 saturated carbocycles. The number of nitrogens with zero attached hydrogens (tertiary/aromatic N) is 4. The van der Waals surface area contributed by atoms with Gasteiger partial charge in [-0.25, -0.2) is 0 Å². The van der Waals surface area contributed by atoms with E-state index >= 15 is 0 Å². The van der Waals surface area contributed by atoms with Crippen LogP contribution in [0.5, 0.6) is 0 Å². The number of benzene rings is 9. The zero-order chi connectivity index (χ0) is 58.1. The highest BCUT2D eigenvalue weighted by molar-refractivity contribution is 9.10. The van der Waals surface area contributed by atoms with Crippen molar-refractivity contribution in [1.82, 2.24) is 19.9 Å². The van der Waals surface area contributed by atoms with Crippen LogP contribution >= 0.6 is 31.9 Å². The van der Waals surface area contributed by atoms with Crippen molar-refractivity contribution in [2.45, 2.75) is 0 Å². The molecule has 0 radical (unpaired) electrons. The molecule has 0 bridgehead atoms. The molecular formula is C74H47BBr2N4O5. The van der Waals surface area contributed by atoms with Crippen LogP contribution in [0.4, 0.5) is 0 Å². The Hall–Kier alpha value is -10.1. The van der Waals surface area contributed by atoms with Gasteiger partial charge in [0, 0.05) is 82.7 Å². The van der Waals surface area contributed by atoms with Gasteiger partial charge in [-0.1, -0.05) is 202 Å². The Labute approximate surface area is 511 Å². The van der Waals surface area contributed by atoms with Crippen LogP contribution in [0.15, 0.2) is 296 Å². The Morgan fingerprint density at radius 2 is 0.593 bits per heavy atom. The predicted octanol–water partition coefficient (Wildman–Crippen LogP) is 19.2. The van der Waals surface area contributed by atoms with Crippen molar-refractivity contribution in [2.24, 2.45) is 0 Å². The number of furan rings is 3. The van der Waals surface area contributed by atoms with Gasteiger partial charge >= 0.3 is 7.12 Å². The summed E-state index contributed by atoms with van der Waals surface area (Å²) in [5.41, 5.74) is 19.6. The van der Waals surface area contributed by atoms with E-state index in [4.69, 9.17) is 23.2 Å². The first-order valence-electron chi connectivity index (χ1n) is 27.8. The summed E-state index contributed by atoms with van der Waals surface area (Å²) in [5.74, 6) is 0. The third-order valence-electron chi connectivity index (χ3n) is 15.2. The van der Waals surface area contributed by atoms with Crippen LogP contribution in [0, 0.1) is 0 Å². The number of hydrogen-bond acceptors (Lipinski definition) is 9. The Morgan fingerprint density at radius 1 is 0.279 bits per heavy atom. The minimum absolute atomic E-state index is 0.464. The fourth-order valence-electron chi connectivity index (χ4n) is 11.1. The first-order chi connectivity index (χ1) is 42.3. The largest absolute Gasteiger partial charge is 0.488 e. The summed E-state index contributed by atoms with van der Waals surface area (Å²) >= 11 is 6.80. The summed E-state index contributed by atoms with van der Waals surface area (Å²) in [5, 5.41) is 25.4. The smallest absolute Gasteiger partial charge is 0.455 e. The van der Waals surface area contributed by atoms with Gasteiger partial charge in [-0.15, -0.1) is 0 Å². The molecule has 0 unspecified atom stereocenters. The number of aromatic nitrogens is 4. The second-order valence-electron chi connectivity index (χ2n) is 20.6. The molecule has 2 N–H and O–H groups in total. The lowest BCUT2D eigenvalue weighted by atomic mass is 9.79. The number of pyridine rings is 4. The molecule has 0 spiro atoms. The summed E-state index contributed by atoms with van der Waals surface area (Å²) in [4.78, 5) is 18.0. The molecule has 16 aromatic rings. The minimum Gasteiger partial charge on any atom is -0.455 e. The molecule has 7 heterocycles. The monoisotopic (exact) mass is 1240 g/mol. The fourth-order valence-corrected chi connectivity index (χ4v) is 11.8. The lowest BCUT2D eigenvalue weighted by Gasteiger charge is -2.10. The molecule has 410 valence electrons. The summed E-state index contributed by atoms with van der Waals surface area (Å²) in [6.07, 6.45) is 7.23. The Bertz CT molecular complexity index is 4950. The predicted molar refractivity (Wildman–Crippen MR) is 356 cm³/mol. The van der Waals surface area contributed by atoms with E-state index in [0.29, 0.717) is 5.46 Å². The first kappa shape index (κ1) is 53.9. The molecule has 0 aliphatic rings. The molecule has 16 rings (SSSR count). The summed E-state index contributed by atoms with van der Waals surface area (Å²) in [6, 6.07) is 83.5. The van der Waals surface area contributed by atoms with Gasteiger partial charge in [0.1, 0.15) is 33.5 Å². The molecule has 0 amide bonds. The molecule has 9 nitrogen and oxygen atoms in total. The van der Waals surface area contributed by atoms with Gasteiger partial charge in [-0.3, -0.25) is 19.9 Å². The Balaban J connectivity index is 0.000000148. The molecular weight excluding hydrogens is 1200 g/mol. The molecule has 12 heteroatoms. The van der Waals surface area contributed by atoms with E-state index in [1.165, 1.54) is 0 Å². The summed E-state index contributed by atoms with van der Waals surface area (Å²) in [7, 11) is -1.48. The van der Waals surface area contributed by atoms with Crippen molar-refractivity contribution in [2.75, 3.05) is 0 Å². The Morgan fingerprint density at radius 3 is 0.988 bits per heavy atom. The lowest BCUT2D eigenvalue weighted by Crippen LogP contribution is -2.29. The van der Waals surface area contributed by atoms with E-state index in [9.17, 15) is 10.0 Å². The SMILES string of the molecule is Brc1ccnc(-c2cc(Br)ccn2)c1.OB(O)c1cccc(-c2cccc3c2oc2ccccc23)c1.c1cc(-c2ccnc(-c3cc(-c4cccc(-c5cccc6c5oc5ccccc56)c4)ccn3)c2)cc(-c2cccc3c2oc2ccccc23)c1. The molecule has 7 aromatic heterocycles. The number of hydrogen-bond donors (Lipinski definition) is 2. The highest BCUT2D eigenvalue weighted by Crippen LogP contribution is 2.40. The average Bonchev–Trinajstić information content (AvgIpc) is 3.01. The minimum atomic E-state index is -1.48. The number of fused-ring (bicyclic) bond motifs is 9. The Kier molecular flexibility index (Phi) is 14.7. The lowest BCUT2D eigenvalue weighted by molar-refractivity contribution is 0.426. The second-order valence-corrected chi connectivity index (χ2v) is 22.4. The molecule has 0 aliphatic carbocycles. The second kappa shape index (κ2) is 23.5. The standard InChI is InChI=1S/C46H28N2O2.C18H13BO3.C10H6Br2N2/c1-3-19-43-37(13-1)39-17-7-15-35(45(39)49-43)33-11-5-9-29(25-33)31-21-23-47-41(27-31)42-28-32(22-24-48-42)30-10-6-12-34(26-30)36-16-8-18-40-38-14-2-4-20-44(38)50-46(36)40;20-19(21)13-6-3-5-12(11-13)14-8-4-9-16-15-7-1-2-10-17(15)22-18(14)16;11-7-1-3-13-9(5-7)10-6-8(12)2-4-14-10/h1-28H;1-11,20-21H;1-6H. The van der Waals surface area contributed by atoms with Crippen molar-refractivity contribution in [3.8, 4) is 78.4 Å². The maximum Gasteiger partial charge on any atom is 0.488 e. The maximum atomic E-state index is 9.35. The van der Waals surface area contributed by atoms with Crippen LogP contribution in [0.25, 0.3) is 144 Å². The van der Waals surface area contributed by atoms with Gasteiger partial charge in [0.25, 0.3) is 0 Å². The summed E-state index contributed by atoms with van der Waals surface area (Å²) in [6.45, 7) is 0. The van der Waals surface area contributed by atoms with E-state index < -0.39 is 7.12 Å². The van der Waals surface area contributed by atoms with E-state index in [1.54, 1.807) is 24.5 Å². The zero-order valence-electron chi connectivity index (χ0n) is 45.7. The molecule has 9 aromatic carbocycles. The van der Waals surface area contributed by atoms with Crippen LogP contribution in [0.3, 0.4) is 0 Å². The van der Waals surface area contributed by atoms with Crippen molar-refractivity contribution in [3.05, 3.63) is 282 Å². The quantitative estimate of drug-likeness (QED) is 0.143. The van der Waals surface area contributed by atoms with Crippen LogP contribution in [-0.2, 0) is 0 Å². The summed E-state index contributed by atoms with van der Waals surface area (Å²) < 4.78 is 20.7. The van der Waals surface area contributed by atoms with Crippen molar-refractivity contribution in [1.29, 1.82) is 0 Å². The van der Waals surface area contributed by atoms with Crippen molar-refractivity contribution in [3.63, 3.8) is 0 Å².